The quantitative estimate of drug-likeness (QED) is 0.121. The molecular weight excluding hydrogens is 412 g/mol. The Balaban J connectivity index is 1.85. The Morgan fingerprint density at radius 3 is 1.84 bits per heavy atom. The number of ether oxygens (including phenoxy) is 2. The predicted octanol–water partition coefficient (Wildman–Crippen LogP) is 8.05. The van der Waals surface area contributed by atoms with Crippen molar-refractivity contribution in [2.24, 2.45) is 0 Å². The van der Waals surface area contributed by atoms with Crippen LogP contribution in [0.3, 0.4) is 0 Å². The molecular formula is C26H41ClO4. The molecule has 0 amide bonds. The van der Waals surface area contributed by atoms with Crippen LogP contribution >= 0.6 is 11.6 Å². The van der Waals surface area contributed by atoms with Crippen molar-refractivity contribution in [3.05, 3.63) is 29.3 Å². The van der Waals surface area contributed by atoms with E-state index in [1.807, 2.05) is 0 Å². The van der Waals surface area contributed by atoms with Gasteiger partial charge in [0.05, 0.1) is 11.6 Å². The van der Waals surface area contributed by atoms with Crippen molar-refractivity contribution in [2.75, 3.05) is 6.61 Å². The molecule has 0 saturated heterocycles. The molecule has 0 aliphatic heterocycles. The van der Waals surface area contributed by atoms with Crippen LogP contribution in [0.2, 0.25) is 5.02 Å². The molecule has 1 rings (SSSR count). The highest BCUT2D eigenvalue weighted by molar-refractivity contribution is 6.32. The highest BCUT2D eigenvalue weighted by Gasteiger charge is 2.07. The summed E-state index contributed by atoms with van der Waals surface area (Å²) in [5, 5.41) is 0.451. The summed E-state index contributed by atoms with van der Waals surface area (Å²) in [6.45, 7) is 2.80. The van der Waals surface area contributed by atoms with Crippen molar-refractivity contribution < 1.29 is 19.1 Å². The van der Waals surface area contributed by atoms with Gasteiger partial charge >= 0.3 is 11.9 Å². The minimum absolute atomic E-state index is 0.0646. The Kier molecular flexibility index (Phi) is 17.0. The average molecular weight is 453 g/mol. The third kappa shape index (κ3) is 15.8. The van der Waals surface area contributed by atoms with Crippen LogP contribution in [-0.2, 0) is 14.3 Å². The lowest BCUT2D eigenvalue weighted by molar-refractivity contribution is -0.144. The van der Waals surface area contributed by atoms with Gasteiger partial charge in [-0.2, -0.15) is 0 Å². The van der Waals surface area contributed by atoms with Crippen molar-refractivity contribution in [1.82, 2.24) is 0 Å². The standard InChI is InChI=1S/C26H41ClO4/c1-2-3-4-5-6-9-12-17-22-30-25(28)20-13-10-7-8-11-14-21-26(29)31-24-19-16-15-18-23(24)27/h15-16,18-19H,2-14,17,20-22H2,1H3. The van der Waals surface area contributed by atoms with Gasteiger partial charge in [-0.1, -0.05) is 101 Å². The van der Waals surface area contributed by atoms with E-state index in [2.05, 4.69) is 6.92 Å². The Bertz CT molecular complexity index is 603. The van der Waals surface area contributed by atoms with Crippen LogP contribution in [0.1, 0.15) is 110 Å². The van der Waals surface area contributed by atoms with Crippen molar-refractivity contribution in [1.29, 1.82) is 0 Å². The highest BCUT2D eigenvalue weighted by atomic mass is 35.5. The molecule has 0 unspecified atom stereocenters. The van der Waals surface area contributed by atoms with Crippen LogP contribution in [0.15, 0.2) is 24.3 Å². The summed E-state index contributed by atoms with van der Waals surface area (Å²) in [4.78, 5) is 23.6. The van der Waals surface area contributed by atoms with Gasteiger partial charge in [-0.25, -0.2) is 0 Å². The van der Waals surface area contributed by atoms with Gasteiger partial charge in [0.1, 0.15) is 5.75 Å². The third-order valence-electron chi connectivity index (χ3n) is 5.33. The maximum atomic E-state index is 11.8. The lowest BCUT2D eigenvalue weighted by Gasteiger charge is -2.06. The zero-order valence-electron chi connectivity index (χ0n) is 19.3. The first kappa shape index (κ1) is 27.5. The largest absolute Gasteiger partial charge is 0.466 e. The first-order valence-corrected chi connectivity index (χ1v) is 12.6. The zero-order chi connectivity index (χ0) is 22.6. The minimum atomic E-state index is -0.243. The van der Waals surface area contributed by atoms with Gasteiger partial charge in [-0.15, -0.1) is 0 Å². The maximum absolute atomic E-state index is 11.8. The molecule has 1 aromatic rings. The van der Waals surface area contributed by atoms with E-state index in [9.17, 15) is 9.59 Å². The summed E-state index contributed by atoms with van der Waals surface area (Å²) in [7, 11) is 0. The number of benzene rings is 1. The number of carbonyl (C=O) groups is 2. The van der Waals surface area contributed by atoms with Gasteiger partial charge in [0, 0.05) is 12.8 Å². The lowest BCUT2D eigenvalue weighted by Crippen LogP contribution is -2.07. The third-order valence-corrected chi connectivity index (χ3v) is 5.65. The predicted molar refractivity (Wildman–Crippen MR) is 128 cm³/mol. The van der Waals surface area contributed by atoms with E-state index in [-0.39, 0.29) is 11.9 Å². The van der Waals surface area contributed by atoms with E-state index in [1.54, 1.807) is 24.3 Å². The van der Waals surface area contributed by atoms with E-state index >= 15 is 0 Å². The fourth-order valence-corrected chi connectivity index (χ4v) is 3.62. The molecule has 0 saturated carbocycles. The SMILES string of the molecule is CCCCCCCCCCOC(=O)CCCCCCCCC(=O)Oc1ccccc1Cl. The van der Waals surface area contributed by atoms with Crippen LogP contribution in [-0.4, -0.2) is 18.5 Å². The second-order valence-electron chi connectivity index (χ2n) is 8.22. The molecule has 0 N–H and O–H groups in total. The zero-order valence-corrected chi connectivity index (χ0v) is 20.1. The molecule has 0 bridgehead atoms. The van der Waals surface area contributed by atoms with E-state index in [4.69, 9.17) is 21.1 Å². The first-order chi connectivity index (χ1) is 15.1. The van der Waals surface area contributed by atoms with Gasteiger partial charge in [0.15, 0.2) is 0 Å². The Labute approximate surface area is 194 Å². The van der Waals surface area contributed by atoms with Crippen molar-refractivity contribution in [3.63, 3.8) is 0 Å². The van der Waals surface area contributed by atoms with Gasteiger partial charge in [0.2, 0.25) is 0 Å². The van der Waals surface area contributed by atoms with Gasteiger partial charge in [-0.3, -0.25) is 9.59 Å². The molecule has 4 nitrogen and oxygen atoms in total. The second kappa shape index (κ2) is 19.2. The Morgan fingerprint density at radius 1 is 0.710 bits per heavy atom. The summed E-state index contributed by atoms with van der Waals surface area (Å²) >= 11 is 5.98. The number of hydrogen-bond donors (Lipinski definition) is 0. The van der Waals surface area contributed by atoms with E-state index in [1.165, 1.54) is 38.5 Å². The van der Waals surface area contributed by atoms with Crippen LogP contribution in [0.25, 0.3) is 0 Å². The molecule has 31 heavy (non-hydrogen) atoms. The van der Waals surface area contributed by atoms with Gasteiger partial charge in [0.25, 0.3) is 0 Å². The monoisotopic (exact) mass is 452 g/mol. The molecule has 0 fully saturated rings. The summed E-state index contributed by atoms with van der Waals surface area (Å²) in [5.41, 5.74) is 0. The van der Waals surface area contributed by atoms with Crippen LogP contribution in [0.4, 0.5) is 0 Å². The molecule has 176 valence electrons. The number of para-hydroxylation sites is 1. The smallest absolute Gasteiger partial charge is 0.311 e. The normalized spacial score (nSPS) is 10.8. The average Bonchev–Trinajstić information content (AvgIpc) is 2.76. The topological polar surface area (TPSA) is 52.6 Å². The fourth-order valence-electron chi connectivity index (χ4n) is 3.44. The van der Waals surface area contributed by atoms with Crippen LogP contribution in [0, 0.1) is 0 Å². The number of hydrogen-bond acceptors (Lipinski definition) is 4. The van der Waals surface area contributed by atoms with Crippen molar-refractivity contribution >= 4 is 23.5 Å². The number of rotatable bonds is 19. The van der Waals surface area contributed by atoms with E-state index in [0.29, 0.717) is 30.2 Å². The van der Waals surface area contributed by atoms with Gasteiger partial charge in [-0.05, 0) is 31.4 Å². The maximum Gasteiger partial charge on any atom is 0.311 e. The number of esters is 2. The molecule has 5 heteroatoms. The lowest BCUT2D eigenvalue weighted by atomic mass is 10.1. The molecule has 0 heterocycles. The number of halogens is 1. The molecule has 0 spiro atoms. The van der Waals surface area contributed by atoms with E-state index in [0.717, 1.165) is 51.4 Å². The van der Waals surface area contributed by atoms with Crippen molar-refractivity contribution in [3.8, 4) is 5.75 Å². The first-order valence-electron chi connectivity index (χ1n) is 12.2. The molecule has 0 radical (unpaired) electrons. The molecule has 1 aromatic carbocycles. The molecule has 0 aromatic heterocycles. The van der Waals surface area contributed by atoms with E-state index < -0.39 is 0 Å². The summed E-state index contributed by atoms with van der Waals surface area (Å²) < 4.78 is 10.6. The van der Waals surface area contributed by atoms with Crippen LogP contribution < -0.4 is 4.74 Å². The molecule has 0 aliphatic carbocycles. The summed E-state index contributed by atoms with van der Waals surface area (Å²) in [6.07, 6.45) is 16.8. The van der Waals surface area contributed by atoms with Crippen LogP contribution in [0.5, 0.6) is 5.75 Å². The highest BCUT2D eigenvalue weighted by Crippen LogP contribution is 2.23. The Hall–Kier alpha value is -1.55. The van der Waals surface area contributed by atoms with Gasteiger partial charge < -0.3 is 9.47 Å². The Morgan fingerprint density at radius 2 is 1.23 bits per heavy atom. The minimum Gasteiger partial charge on any atom is -0.466 e. The molecule has 0 aliphatic rings. The summed E-state index contributed by atoms with van der Waals surface area (Å²) in [6, 6.07) is 6.99. The number of unbranched alkanes of at least 4 members (excludes halogenated alkanes) is 12. The number of carbonyl (C=O) groups excluding carboxylic acids is 2. The van der Waals surface area contributed by atoms with Crippen molar-refractivity contribution in [2.45, 2.75) is 110 Å². The molecule has 0 atom stereocenters. The second-order valence-corrected chi connectivity index (χ2v) is 8.63. The fraction of sp³-hybridized carbons (Fsp3) is 0.692. The summed E-state index contributed by atoms with van der Waals surface area (Å²) in [5.74, 6) is 0.112.